The van der Waals surface area contributed by atoms with Crippen molar-refractivity contribution in [1.29, 1.82) is 0 Å². The molecule has 0 radical (unpaired) electrons. The SMILES string of the molecule is Nc1cccc(CS(=O)c2ccccc2Cl)c1Br. The summed E-state index contributed by atoms with van der Waals surface area (Å²) in [7, 11) is -1.18. The van der Waals surface area contributed by atoms with E-state index in [1.807, 2.05) is 24.3 Å². The fraction of sp³-hybridized carbons (Fsp3) is 0.0769. The topological polar surface area (TPSA) is 43.1 Å². The number of hydrogen-bond acceptors (Lipinski definition) is 2. The zero-order valence-corrected chi connectivity index (χ0v) is 12.6. The molecule has 0 fully saturated rings. The first-order chi connectivity index (χ1) is 8.59. The van der Waals surface area contributed by atoms with E-state index >= 15 is 0 Å². The van der Waals surface area contributed by atoms with Crippen LogP contribution in [0.2, 0.25) is 5.02 Å². The summed E-state index contributed by atoms with van der Waals surface area (Å²) in [4.78, 5) is 0.647. The van der Waals surface area contributed by atoms with Gasteiger partial charge in [-0.25, -0.2) is 0 Å². The van der Waals surface area contributed by atoms with Crippen LogP contribution in [0.5, 0.6) is 0 Å². The molecule has 0 saturated carbocycles. The lowest BCUT2D eigenvalue weighted by atomic mass is 10.2. The van der Waals surface area contributed by atoms with E-state index in [-0.39, 0.29) is 0 Å². The molecule has 2 aromatic carbocycles. The molecule has 0 aliphatic rings. The maximum Gasteiger partial charge on any atom is 0.0589 e. The van der Waals surface area contributed by atoms with E-state index in [1.165, 1.54) is 0 Å². The Kier molecular flexibility index (Phi) is 4.43. The molecule has 0 saturated heterocycles. The molecule has 5 heteroatoms. The van der Waals surface area contributed by atoms with Gasteiger partial charge in [-0.3, -0.25) is 4.21 Å². The van der Waals surface area contributed by atoms with E-state index < -0.39 is 10.8 Å². The molecule has 0 heterocycles. The lowest BCUT2D eigenvalue weighted by Crippen LogP contribution is -1.99. The largest absolute Gasteiger partial charge is 0.398 e. The summed E-state index contributed by atoms with van der Waals surface area (Å²) in [5.74, 6) is 0.384. The number of nitrogen functional groups attached to an aromatic ring is 1. The van der Waals surface area contributed by atoms with Crippen molar-refractivity contribution >= 4 is 44.0 Å². The highest BCUT2D eigenvalue weighted by Crippen LogP contribution is 2.27. The first-order valence-corrected chi connectivity index (χ1v) is 7.74. The van der Waals surface area contributed by atoms with Crippen molar-refractivity contribution in [3.05, 3.63) is 57.5 Å². The number of hydrogen-bond donors (Lipinski definition) is 1. The highest BCUT2D eigenvalue weighted by Gasteiger charge is 2.11. The number of nitrogens with two attached hydrogens (primary N) is 1. The van der Waals surface area contributed by atoms with Crippen LogP contribution in [0.4, 0.5) is 5.69 Å². The van der Waals surface area contributed by atoms with Gasteiger partial charge in [0, 0.05) is 10.2 Å². The molecular formula is C13H11BrClNOS. The van der Waals surface area contributed by atoms with Crippen molar-refractivity contribution in [2.24, 2.45) is 0 Å². The quantitative estimate of drug-likeness (QED) is 0.855. The Morgan fingerprint density at radius 3 is 2.61 bits per heavy atom. The first-order valence-electron chi connectivity index (χ1n) is 5.25. The third kappa shape index (κ3) is 2.94. The standard InChI is InChI=1S/C13H11BrClNOS/c14-13-9(4-3-6-11(13)16)8-18(17)12-7-2-1-5-10(12)15/h1-7H,8,16H2. The average Bonchev–Trinajstić information content (AvgIpc) is 2.35. The summed E-state index contributed by atoms with van der Waals surface area (Å²) in [6.07, 6.45) is 0. The Bertz CT molecular complexity index is 603. The van der Waals surface area contributed by atoms with Crippen molar-refractivity contribution in [2.75, 3.05) is 5.73 Å². The predicted octanol–water partition coefficient (Wildman–Crippen LogP) is 3.99. The summed E-state index contributed by atoms with van der Waals surface area (Å²) in [5.41, 5.74) is 7.35. The molecule has 2 aromatic rings. The van der Waals surface area contributed by atoms with E-state index in [2.05, 4.69) is 15.9 Å². The molecule has 1 atom stereocenters. The van der Waals surface area contributed by atoms with Crippen molar-refractivity contribution in [1.82, 2.24) is 0 Å². The van der Waals surface area contributed by atoms with Gasteiger partial charge in [-0.1, -0.05) is 35.9 Å². The summed E-state index contributed by atoms with van der Waals surface area (Å²) in [6.45, 7) is 0. The Labute approximate surface area is 122 Å². The number of benzene rings is 2. The number of halogens is 2. The van der Waals surface area contributed by atoms with E-state index in [1.54, 1.807) is 18.2 Å². The second kappa shape index (κ2) is 5.87. The third-order valence-corrected chi connectivity index (χ3v) is 5.31. The van der Waals surface area contributed by atoms with Gasteiger partial charge in [-0.2, -0.15) is 0 Å². The Balaban J connectivity index is 2.27. The van der Waals surface area contributed by atoms with Crippen LogP contribution in [0.3, 0.4) is 0 Å². The van der Waals surface area contributed by atoms with Crippen LogP contribution in [-0.4, -0.2) is 4.21 Å². The predicted molar refractivity (Wildman–Crippen MR) is 80.1 cm³/mol. The molecule has 18 heavy (non-hydrogen) atoms. The van der Waals surface area contributed by atoms with Crippen LogP contribution < -0.4 is 5.73 Å². The summed E-state index contributed by atoms with van der Waals surface area (Å²) in [6, 6.07) is 12.7. The van der Waals surface area contributed by atoms with Gasteiger partial charge < -0.3 is 5.73 Å². The summed E-state index contributed by atoms with van der Waals surface area (Å²) in [5, 5.41) is 0.524. The van der Waals surface area contributed by atoms with Gasteiger partial charge in [0.15, 0.2) is 0 Å². The van der Waals surface area contributed by atoms with Crippen molar-refractivity contribution in [3.63, 3.8) is 0 Å². The molecular weight excluding hydrogens is 334 g/mol. The Hall–Kier alpha value is -0.840. The van der Waals surface area contributed by atoms with E-state index in [4.69, 9.17) is 17.3 Å². The van der Waals surface area contributed by atoms with Gasteiger partial charge in [-0.15, -0.1) is 0 Å². The summed E-state index contributed by atoms with van der Waals surface area (Å²) < 4.78 is 13.1. The molecule has 0 bridgehead atoms. The van der Waals surface area contributed by atoms with Crippen molar-refractivity contribution in [3.8, 4) is 0 Å². The van der Waals surface area contributed by atoms with Gasteiger partial charge in [0.25, 0.3) is 0 Å². The fourth-order valence-electron chi connectivity index (χ4n) is 1.56. The van der Waals surface area contributed by atoms with Crippen LogP contribution in [0, 0.1) is 0 Å². The lowest BCUT2D eigenvalue weighted by Gasteiger charge is -2.08. The molecule has 94 valence electrons. The molecule has 0 aliphatic heterocycles. The average molecular weight is 345 g/mol. The van der Waals surface area contributed by atoms with Gasteiger partial charge in [0.2, 0.25) is 0 Å². The van der Waals surface area contributed by atoms with Crippen LogP contribution in [-0.2, 0) is 16.6 Å². The zero-order valence-electron chi connectivity index (χ0n) is 9.40. The number of anilines is 1. The van der Waals surface area contributed by atoms with Gasteiger partial charge in [0.05, 0.1) is 26.5 Å². The van der Waals surface area contributed by atoms with E-state index in [9.17, 15) is 4.21 Å². The molecule has 2 nitrogen and oxygen atoms in total. The summed E-state index contributed by atoms with van der Waals surface area (Å²) >= 11 is 9.43. The van der Waals surface area contributed by atoms with Gasteiger partial charge >= 0.3 is 0 Å². The maximum atomic E-state index is 12.3. The normalized spacial score (nSPS) is 12.3. The molecule has 2 N–H and O–H groups in total. The molecule has 2 rings (SSSR count). The van der Waals surface area contributed by atoms with E-state index in [0.717, 1.165) is 10.0 Å². The number of rotatable bonds is 3. The van der Waals surface area contributed by atoms with Crippen LogP contribution in [0.25, 0.3) is 0 Å². The molecule has 0 aromatic heterocycles. The fourth-order valence-corrected chi connectivity index (χ4v) is 3.74. The first kappa shape index (κ1) is 13.6. The Morgan fingerprint density at radius 2 is 1.89 bits per heavy atom. The van der Waals surface area contributed by atoms with Crippen LogP contribution in [0.15, 0.2) is 51.8 Å². The second-order valence-electron chi connectivity index (χ2n) is 3.74. The Morgan fingerprint density at radius 1 is 1.17 bits per heavy atom. The minimum absolute atomic E-state index is 0.384. The monoisotopic (exact) mass is 343 g/mol. The van der Waals surface area contributed by atoms with E-state index in [0.29, 0.717) is 21.4 Å². The highest BCUT2D eigenvalue weighted by atomic mass is 79.9. The smallest absolute Gasteiger partial charge is 0.0589 e. The third-order valence-electron chi connectivity index (χ3n) is 2.48. The minimum Gasteiger partial charge on any atom is -0.398 e. The van der Waals surface area contributed by atoms with Crippen LogP contribution >= 0.6 is 27.5 Å². The molecule has 0 amide bonds. The van der Waals surface area contributed by atoms with Crippen LogP contribution in [0.1, 0.15) is 5.56 Å². The second-order valence-corrected chi connectivity index (χ2v) is 6.36. The van der Waals surface area contributed by atoms with Gasteiger partial charge in [0.1, 0.15) is 0 Å². The molecule has 1 unspecified atom stereocenters. The minimum atomic E-state index is -1.18. The van der Waals surface area contributed by atoms with Crippen molar-refractivity contribution < 1.29 is 4.21 Å². The maximum absolute atomic E-state index is 12.3. The zero-order chi connectivity index (χ0) is 13.1. The molecule has 0 spiro atoms. The van der Waals surface area contributed by atoms with Crippen molar-refractivity contribution in [2.45, 2.75) is 10.6 Å². The van der Waals surface area contributed by atoms with Gasteiger partial charge in [-0.05, 0) is 39.7 Å². The lowest BCUT2D eigenvalue weighted by molar-refractivity contribution is 0.682. The highest BCUT2D eigenvalue weighted by molar-refractivity contribution is 9.10. The molecule has 0 aliphatic carbocycles.